The molecule has 0 saturated carbocycles. The van der Waals surface area contributed by atoms with Crippen LogP contribution in [0.3, 0.4) is 0 Å². The van der Waals surface area contributed by atoms with Crippen LogP contribution in [0.15, 0.2) is 68.3 Å². The molecule has 0 bridgehead atoms. The lowest BCUT2D eigenvalue weighted by Crippen LogP contribution is -2.31. The van der Waals surface area contributed by atoms with Gasteiger partial charge in [0.25, 0.3) is 5.91 Å². The lowest BCUT2D eigenvalue weighted by atomic mass is 9.97. The molecule has 2 heterocycles. The van der Waals surface area contributed by atoms with Crippen molar-refractivity contribution >= 4 is 32.8 Å². The number of carbonyl (C=O) groups excluding carboxylic acids is 1. The van der Waals surface area contributed by atoms with Gasteiger partial charge in [-0.2, -0.15) is 0 Å². The first kappa shape index (κ1) is 24.1. The topological polar surface area (TPSA) is 69.0 Å². The first-order valence-corrected chi connectivity index (χ1v) is 12.5. The lowest BCUT2D eigenvalue weighted by molar-refractivity contribution is 0.0730. The number of aryl methyl sites for hydroxylation is 2. The van der Waals surface area contributed by atoms with E-state index in [1.54, 1.807) is 19.1 Å². The van der Waals surface area contributed by atoms with Gasteiger partial charge in [-0.05, 0) is 72.9 Å². The number of nitrogens with zero attached hydrogens (tertiary/aromatic N) is 1. The quantitative estimate of drug-likeness (QED) is 0.297. The highest BCUT2D eigenvalue weighted by molar-refractivity contribution is 9.10. The van der Waals surface area contributed by atoms with Crippen molar-refractivity contribution < 1.29 is 18.7 Å². The first-order chi connectivity index (χ1) is 17.3. The van der Waals surface area contributed by atoms with Gasteiger partial charge < -0.3 is 18.8 Å². The normalized spacial score (nSPS) is 14.9. The summed E-state index contributed by atoms with van der Waals surface area (Å²) in [6.45, 7) is 4.24. The largest absolute Gasteiger partial charge is 0.493 e. The maximum Gasteiger partial charge on any atom is 0.290 e. The second-order valence-electron chi connectivity index (χ2n) is 9.02. The van der Waals surface area contributed by atoms with Crippen molar-refractivity contribution in [2.24, 2.45) is 0 Å². The number of methoxy groups -OCH3 is 2. The van der Waals surface area contributed by atoms with Crippen LogP contribution in [0.2, 0.25) is 0 Å². The molecule has 0 spiro atoms. The number of halogens is 1. The van der Waals surface area contributed by atoms with Crippen LogP contribution in [0.1, 0.15) is 44.4 Å². The number of amides is 1. The second-order valence-corrected chi connectivity index (χ2v) is 9.94. The second kappa shape index (κ2) is 9.47. The molecule has 0 radical (unpaired) electrons. The minimum Gasteiger partial charge on any atom is -0.493 e. The molecular formula is C29H26BrNO5. The molecule has 0 N–H and O–H groups in total. The maximum absolute atomic E-state index is 13.8. The van der Waals surface area contributed by atoms with Crippen LogP contribution in [-0.2, 0) is 6.42 Å². The summed E-state index contributed by atoms with van der Waals surface area (Å²) in [7, 11) is 3.19. The van der Waals surface area contributed by atoms with E-state index in [-0.39, 0.29) is 17.1 Å². The Morgan fingerprint density at radius 3 is 2.36 bits per heavy atom. The number of rotatable bonds is 6. The zero-order valence-electron chi connectivity index (χ0n) is 20.6. The minimum atomic E-state index is -0.540. The average Bonchev–Trinajstić information content (AvgIpc) is 3.15. The highest BCUT2D eigenvalue weighted by Gasteiger charge is 2.42. The molecule has 7 heteroatoms. The molecule has 5 rings (SSSR count). The molecule has 1 aromatic heterocycles. The standard InChI is InChI=1S/C29H26BrNO5/c1-16-13-17(2)27-21(14-16)26(32)24-25(19-6-8-20(30)9-7-19)31(29(33)28(24)36-27)12-11-18-5-10-22(34-3)23(15-18)35-4/h5-10,13-15,25H,11-12H2,1-4H3. The Kier molecular flexibility index (Phi) is 6.35. The van der Waals surface area contributed by atoms with E-state index < -0.39 is 6.04 Å². The van der Waals surface area contributed by atoms with Gasteiger partial charge in [0.1, 0.15) is 5.58 Å². The summed E-state index contributed by atoms with van der Waals surface area (Å²) in [5.41, 5.74) is 4.35. The highest BCUT2D eigenvalue weighted by atomic mass is 79.9. The van der Waals surface area contributed by atoms with Gasteiger partial charge in [0, 0.05) is 11.0 Å². The number of ether oxygens (including phenoxy) is 2. The van der Waals surface area contributed by atoms with Crippen molar-refractivity contribution in [2.45, 2.75) is 26.3 Å². The third-order valence-electron chi connectivity index (χ3n) is 6.67. The van der Waals surface area contributed by atoms with E-state index in [1.165, 1.54) is 0 Å². The van der Waals surface area contributed by atoms with Crippen LogP contribution >= 0.6 is 15.9 Å². The Hall–Kier alpha value is -3.58. The van der Waals surface area contributed by atoms with E-state index in [0.29, 0.717) is 41.0 Å². The third-order valence-corrected chi connectivity index (χ3v) is 7.20. The maximum atomic E-state index is 13.8. The van der Waals surface area contributed by atoms with Crippen molar-refractivity contribution in [2.75, 3.05) is 20.8 Å². The Bertz CT molecular complexity index is 1540. The van der Waals surface area contributed by atoms with Crippen LogP contribution in [0.25, 0.3) is 11.0 Å². The van der Waals surface area contributed by atoms with Crippen molar-refractivity contribution in [3.63, 3.8) is 0 Å². The SMILES string of the molecule is COc1ccc(CCN2C(=O)c3oc4c(C)cc(C)cc4c(=O)c3C2c2ccc(Br)cc2)cc1OC. The van der Waals surface area contributed by atoms with Gasteiger partial charge >= 0.3 is 0 Å². The summed E-state index contributed by atoms with van der Waals surface area (Å²) < 4.78 is 17.9. The molecule has 4 aromatic rings. The molecule has 184 valence electrons. The molecular weight excluding hydrogens is 522 g/mol. The van der Waals surface area contributed by atoms with Crippen LogP contribution in [-0.4, -0.2) is 31.6 Å². The van der Waals surface area contributed by atoms with Gasteiger partial charge in [0.2, 0.25) is 5.76 Å². The van der Waals surface area contributed by atoms with Crippen molar-refractivity contribution in [3.8, 4) is 11.5 Å². The third kappa shape index (κ3) is 4.07. The summed E-state index contributed by atoms with van der Waals surface area (Å²) in [6.07, 6.45) is 0.568. The van der Waals surface area contributed by atoms with Crippen LogP contribution in [0.5, 0.6) is 11.5 Å². The number of fused-ring (bicyclic) bond motifs is 2. The summed E-state index contributed by atoms with van der Waals surface area (Å²) in [6, 6.07) is 16.7. The van der Waals surface area contributed by atoms with Crippen LogP contribution in [0.4, 0.5) is 0 Å². The predicted octanol–water partition coefficient (Wildman–Crippen LogP) is 5.98. The summed E-state index contributed by atoms with van der Waals surface area (Å²) >= 11 is 3.48. The monoisotopic (exact) mass is 547 g/mol. The molecule has 1 unspecified atom stereocenters. The van der Waals surface area contributed by atoms with E-state index in [2.05, 4.69) is 15.9 Å². The Morgan fingerprint density at radius 1 is 0.944 bits per heavy atom. The van der Waals surface area contributed by atoms with Gasteiger partial charge in [-0.25, -0.2) is 0 Å². The Morgan fingerprint density at radius 2 is 1.67 bits per heavy atom. The van der Waals surface area contributed by atoms with Gasteiger partial charge in [-0.3, -0.25) is 9.59 Å². The molecule has 0 fully saturated rings. The summed E-state index contributed by atoms with van der Waals surface area (Å²) in [4.78, 5) is 29.3. The zero-order chi connectivity index (χ0) is 25.6. The summed E-state index contributed by atoms with van der Waals surface area (Å²) in [5.74, 6) is 1.12. The Labute approximate surface area is 217 Å². The van der Waals surface area contributed by atoms with E-state index in [0.717, 1.165) is 26.7 Å². The molecule has 0 saturated heterocycles. The smallest absolute Gasteiger partial charge is 0.290 e. The first-order valence-electron chi connectivity index (χ1n) is 11.7. The number of hydrogen-bond donors (Lipinski definition) is 0. The molecule has 0 aliphatic carbocycles. The van der Waals surface area contributed by atoms with Gasteiger partial charge in [0.05, 0.1) is 31.2 Å². The Balaban J connectivity index is 1.61. The molecule has 1 aliphatic rings. The minimum absolute atomic E-state index is 0.125. The van der Waals surface area contributed by atoms with E-state index in [4.69, 9.17) is 13.9 Å². The fraction of sp³-hybridized carbons (Fsp3) is 0.241. The van der Waals surface area contributed by atoms with E-state index in [1.807, 2.05) is 68.4 Å². The zero-order valence-corrected chi connectivity index (χ0v) is 22.1. The van der Waals surface area contributed by atoms with Gasteiger partial charge in [-0.1, -0.05) is 40.2 Å². The van der Waals surface area contributed by atoms with E-state index >= 15 is 0 Å². The molecule has 36 heavy (non-hydrogen) atoms. The number of benzene rings is 3. The fourth-order valence-electron chi connectivity index (χ4n) is 4.98. The lowest BCUT2D eigenvalue weighted by Gasteiger charge is -2.25. The predicted molar refractivity (Wildman–Crippen MR) is 142 cm³/mol. The molecule has 1 aliphatic heterocycles. The fourth-order valence-corrected chi connectivity index (χ4v) is 5.25. The molecule has 1 amide bonds. The molecule has 6 nitrogen and oxygen atoms in total. The number of hydrogen-bond acceptors (Lipinski definition) is 5. The van der Waals surface area contributed by atoms with Crippen molar-refractivity contribution in [1.82, 2.24) is 4.90 Å². The summed E-state index contributed by atoms with van der Waals surface area (Å²) in [5, 5.41) is 0.503. The van der Waals surface area contributed by atoms with E-state index in [9.17, 15) is 9.59 Å². The molecule has 1 atom stereocenters. The highest BCUT2D eigenvalue weighted by Crippen LogP contribution is 2.39. The van der Waals surface area contributed by atoms with Gasteiger partial charge in [-0.15, -0.1) is 0 Å². The van der Waals surface area contributed by atoms with Crippen LogP contribution < -0.4 is 14.9 Å². The van der Waals surface area contributed by atoms with Crippen LogP contribution in [0, 0.1) is 13.8 Å². The van der Waals surface area contributed by atoms with Crippen molar-refractivity contribution in [3.05, 3.63) is 103 Å². The average molecular weight is 548 g/mol. The number of carbonyl (C=O) groups is 1. The van der Waals surface area contributed by atoms with Crippen molar-refractivity contribution in [1.29, 1.82) is 0 Å². The van der Waals surface area contributed by atoms with Gasteiger partial charge in [0.15, 0.2) is 16.9 Å². The molecule has 3 aromatic carbocycles.